The van der Waals surface area contributed by atoms with E-state index in [1.54, 1.807) is 0 Å². The van der Waals surface area contributed by atoms with Crippen LogP contribution in [0.1, 0.15) is 82.1 Å². The second-order valence-electron chi connectivity index (χ2n) is 9.98. The highest BCUT2D eigenvalue weighted by molar-refractivity contribution is 5.13. The molecule has 0 N–H and O–H groups in total. The number of hydrogen-bond acceptors (Lipinski definition) is 3. The smallest absolute Gasteiger partial charge is 0.110 e. The first-order valence-electron chi connectivity index (χ1n) is 10.4. The van der Waals surface area contributed by atoms with Gasteiger partial charge < -0.3 is 14.2 Å². The monoisotopic (exact) mass is 354 g/mol. The summed E-state index contributed by atoms with van der Waals surface area (Å²) in [5, 5.41) is 0. The molecule has 2 fully saturated rings. The van der Waals surface area contributed by atoms with Crippen LogP contribution >= 0.6 is 0 Å². The van der Waals surface area contributed by atoms with Gasteiger partial charge in [-0.1, -0.05) is 69.2 Å². The van der Waals surface area contributed by atoms with Crippen molar-refractivity contribution in [1.82, 2.24) is 0 Å². The summed E-state index contributed by atoms with van der Waals surface area (Å²) >= 11 is 0. The van der Waals surface area contributed by atoms with E-state index in [1.807, 2.05) is 0 Å². The van der Waals surface area contributed by atoms with E-state index in [0.717, 1.165) is 26.1 Å². The molecule has 4 atom stereocenters. The molecule has 0 aliphatic carbocycles. The molecule has 0 aromatic rings. The minimum absolute atomic E-state index is 0.0191. The fraction of sp³-hybridized carbons (Fsp3) is 1.00. The second kappa shape index (κ2) is 6.80. The van der Waals surface area contributed by atoms with Crippen molar-refractivity contribution >= 4 is 0 Å². The molecule has 3 nitrogen and oxygen atoms in total. The highest BCUT2D eigenvalue weighted by Gasteiger charge is 2.66. The van der Waals surface area contributed by atoms with Crippen molar-refractivity contribution in [2.75, 3.05) is 13.2 Å². The Hall–Kier alpha value is -0.120. The molecule has 0 radical (unpaired) electrons. The summed E-state index contributed by atoms with van der Waals surface area (Å²) in [6.07, 6.45) is 2.32. The first-order chi connectivity index (χ1) is 11.4. The molecule has 2 heterocycles. The number of ether oxygens (including phenoxy) is 3. The predicted octanol–water partition coefficient (Wildman–Crippen LogP) is 5.46. The Morgan fingerprint density at radius 1 is 0.760 bits per heavy atom. The quantitative estimate of drug-likeness (QED) is 0.488. The van der Waals surface area contributed by atoms with Crippen LogP contribution in [0.25, 0.3) is 0 Å². The van der Waals surface area contributed by atoms with Crippen LogP contribution in [0.2, 0.25) is 0 Å². The summed E-state index contributed by atoms with van der Waals surface area (Å²) in [7, 11) is 0. The highest BCUT2D eigenvalue weighted by Crippen LogP contribution is 2.57. The minimum Gasteiger partial charge on any atom is -0.370 e. The number of hydrogen-bond donors (Lipinski definition) is 0. The zero-order valence-electron chi connectivity index (χ0n) is 18.4. The van der Waals surface area contributed by atoms with Gasteiger partial charge in [0.05, 0.1) is 13.2 Å². The molecule has 25 heavy (non-hydrogen) atoms. The third kappa shape index (κ3) is 3.19. The van der Waals surface area contributed by atoms with Gasteiger partial charge in [-0.3, -0.25) is 0 Å². The lowest BCUT2D eigenvalue weighted by Gasteiger charge is -2.57. The average molecular weight is 355 g/mol. The second-order valence-corrected chi connectivity index (χ2v) is 9.98. The van der Waals surface area contributed by atoms with Gasteiger partial charge in [0, 0.05) is 0 Å². The maximum atomic E-state index is 7.37. The maximum absolute atomic E-state index is 7.37. The van der Waals surface area contributed by atoms with E-state index < -0.39 is 0 Å². The molecule has 3 heteroatoms. The van der Waals surface area contributed by atoms with Crippen LogP contribution in [-0.2, 0) is 14.2 Å². The Morgan fingerprint density at radius 3 is 1.20 bits per heavy atom. The molecule has 0 aromatic carbocycles. The number of epoxide rings is 2. The summed E-state index contributed by atoms with van der Waals surface area (Å²) in [5.74, 6) is 1.02. The summed E-state index contributed by atoms with van der Waals surface area (Å²) in [6.45, 7) is 24.9. The lowest BCUT2D eigenvalue weighted by Crippen LogP contribution is -2.64. The SMILES string of the molecule is CCC(OC(CC)(C1CO1)C(C)(C)C(C)C)(C1CO1)C(C)(C)C(C)C. The van der Waals surface area contributed by atoms with Crippen LogP contribution in [0.4, 0.5) is 0 Å². The van der Waals surface area contributed by atoms with Crippen molar-refractivity contribution in [3.05, 3.63) is 0 Å². The van der Waals surface area contributed by atoms with Gasteiger partial charge in [0.1, 0.15) is 23.4 Å². The molecule has 0 saturated carbocycles. The lowest BCUT2D eigenvalue weighted by molar-refractivity contribution is -0.273. The molecule has 2 aliphatic rings. The van der Waals surface area contributed by atoms with Gasteiger partial charge in [-0.05, 0) is 35.5 Å². The molecule has 4 unspecified atom stereocenters. The molecule has 0 amide bonds. The molecule has 2 rings (SSSR count). The molecular formula is C22H42O3. The average Bonchev–Trinajstić information content (AvgIpc) is 3.38. The van der Waals surface area contributed by atoms with Crippen LogP contribution in [-0.4, -0.2) is 36.6 Å². The molecule has 148 valence electrons. The van der Waals surface area contributed by atoms with Crippen molar-refractivity contribution in [2.45, 2.75) is 105 Å². The van der Waals surface area contributed by atoms with Crippen LogP contribution in [0, 0.1) is 22.7 Å². The van der Waals surface area contributed by atoms with Gasteiger partial charge >= 0.3 is 0 Å². The van der Waals surface area contributed by atoms with Crippen LogP contribution < -0.4 is 0 Å². The topological polar surface area (TPSA) is 34.3 Å². The zero-order valence-corrected chi connectivity index (χ0v) is 18.4. The summed E-state index contributed by atoms with van der Waals surface area (Å²) in [6, 6.07) is 0. The third-order valence-corrected chi connectivity index (χ3v) is 8.19. The first kappa shape index (κ1) is 21.2. The Labute approximate surface area is 156 Å². The minimum atomic E-state index is -0.282. The zero-order chi connectivity index (χ0) is 19.3. The summed E-state index contributed by atoms with van der Waals surface area (Å²) in [4.78, 5) is 0. The third-order valence-electron chi connectivity index (χ3n) is 8.19. The van der Waals surface area contributed by atoms with E-state index in [-0.39, 0.29) is 34.2 Å². The van der Waals surface area contributed by atoms with Crippen molar-refractivity contribution in [2.24, 2.45) is 22.7 Å². The predicted molar refractivity (Wildman–Crippen MR) is 104 cm³/mol. The summed E-state index contributed by atoms with van der Waals surface area (Å²) in [5.41, 5.74) is -0.527. The lowest BCUT2D eigenvalue weighted by atomic mass is 9.61. The molecule has 0 spiro atoms. The maximum Gasteiger partial charge on any atom is 0.110 e. The highest BCUT2D eigenvalue weighted by atomic mass is 16.6. The Morgan fingerprint density at radius 2 is 1.04 bits per heavy atom. The van der Waals surface area contributed by atoms with Crippen LogP contribution in [0.15, 0.2) is 0 Å². The van der Waals surface area contributed by atoms with Crippen molar-refractivity contribution in [3.8, 4) is 0 Å². The van der Waals surface area contributed by atoms with Crippen molar-refractivity contribution in [3.63, 3.8) is 0 Å². The molecule has 2 aliphatic heterocycles. The van der Waals surface area contributed by atoms with Gasteiger partial charge in [0.2, 0.25) is 0 Å². The van der Waals surface area contributed by atoms with Crippen LogP contribution in [0.3, 0.4) is 0 Å². The van der Waals surface area contributed by atoms with Gasteiger partial charge in [0.15, 0.2) is 0 Å². The molecule has 2 saturated heterocycles. The van der Waals surface area contributed by atoms with Crippen molar-refractivity contribution in [1.29, 1.82) is 0 Å². The first-order valence-corrected chi connectivity index (χ1v) is 10.4. The molecular weight excluding hydrogens is 312 g/mol. The fourth-order valence-corrected chi connectivity index (χ4v) is 4.67. The van der Waals surface area contributed by atoms with E-state index in [4.69, 9.17) is 14.2 Å². The Bertz CT molecular complexity index is 418. The van der Waals surface area contributed by atoms with E-state index in [1.165, 1.54) is 0 Å². The Balaban J connectivity index is 2.54. The largest absolute Gasteiger partial charge is 0.370 e. The molecule has 0 aromatic heterocycles. The normalized spacial score (nSPS) is 28.8. The van der Waals surface area contributed by atoms with Crippen LogP contribution in [0.5, 0.6) is 0 Å². The van der Waals surface area contributed by atoms with Gasteiger partial charge in [-0.2, -0.15) is 0 Å². The van der Waals surface area contributed by atoms with E-state index >= 15 is 0 Å². The Kier molecular flexibility index (Phi) is 5.76. The van der Waals surface area contributed by atoms with Gasteiger partial charge in [0.25, 0.3) is 0 Å². The van der Waals surface area contributed by atoms with E-state index in [2.05, 4.69) is 69.2 Å². The van der Waals surface area contributed by atoms with Gasteiger partial charge in [-0.15, -0.1) is 0 Å². The molecule has 0 bridgehead atoms. The van der Waals surface area contributed by atoms with E-state index in [9.17, 15) is 0 Å². The fourth-order valence-electron chi connectivity index (χ4n) is 4.67. The number of rotatable bonds is 10. The van der Waals surface area contributed by atoms with Gasteiger partial charge in [-0.25, -0.2) is 0 Å². The van der Waals surface area contributed by atoms with Crippen molar-refractivity contribution < 1.29 is 14.2 Å². The standard InChI is InChI=1S/C22H42O3/c1-11-21(17-13-23-17,19(7,8)15(3)4)25-22(12-2,18-14-24-18)20(9,10)16(5)6/h15-18H,11-14H2,1-10H3. The summed E-state index contributed by atoms with van der Waals surface area (Å²) < 4.78 is 19.2. The van der Waals surface area contributed by atoms with E-state index in [0.29, 0.717) is 11.8 Å².